The normalized spacial score (nSPS) is 34.8. The molecule has 1 N–H and O–H groups in total. The summed E-state index contributed by atoms with van der Waals surface area (Å²) < 4.78 is 5.65. The Balaban J connectivity index is 1.65. The first-order chi connectivity index (χ1) is 6.38. The maximum Gasteiger partial charge on any atom is 0.0575 e. The van der Waals surface area contributed by atoms with Crippen LogP contribution in [0, 0.1) is 5.92 Å². The molecule has 2 heteroatoms. The Labute approximate surface area is 81.0 Å². The zero-order valence-electron chi connectivity index (χ0n) is 8.59. The molecule has 0 aromatic heterocycles. The lowest BCUT2D eigenvalue weighted by Gasteiger charge is -2.29. The van der Waals surface area contributed by atoms with Crippen LogP contribution >= 0.6 is 0 Å². The van der Waals surface area contributed by atoms with E-state index in [0.717, 1.165) is 18.6 Å². The van der Waals surface area contributed by atoms with Crippen molar-refractivity contribution in [3.05, 3.63) is 0 Å². The van der Waals surface area contributed by atoms with Gasteiger partial charge in [0.15, 0.2) is 0 Å². The Bertz CT molecular complexity index is 156. The standard InChI is InChI=1S/C11H21NO/c1-2-11-7-9(5-6-13-11)8-12-10-3-4-10/h9-12H,2-8H2,1H3. The average molecular weight is 183 g/mol. The first-order valence-electron chi connectivity index (χ1n) is 5.73. The lowest BCUT2D eigenvalue weighted by Crippen LogP contribution is -2.32. The van der Waals surface area contributed by atoms with Crippen molar-refractivity contribution in [1.29, 1.82) is 0 Å². The SMILES string of the molecule is CCC1CC(CNC2CC2)CCO1. The summed E-state index contributed by atoms with van der Waals surface area (Å²) in [5.74, 6) is 0.874. The Morgan fingerprint density at radius 1 is 1.31 bits per heavy atom. The molecule has 0 amide bonds. The molecule has 1 aliphatic heterocycles. The van der Waals surface area contributed by atoms with Gasteiger partial charge in [-0.2, -0.15) is 0 Å². The summed E-state index contributed by atoms with van der Waals surface area (Å²) in [5.41, 5.74) is 0. The molecule has 2 fully saturated rings. The molecule has 1 saturated carbocycles. The van der Waals surface area contributed by atoms with Gasteiger partial charge in [0.1, 0.15) is 0 Å². The molecule has 13 heavy (non-hydrogen) atoms. The minimum atomic E-state index is 0.541. The van der Waals surface area contributed by atoms with Gasteiger partial charge in [0.05, 0.1) is 6.10 Å². The van der Waals surface area contributed by atoms with E-state index in [-0.39, 0.29) is 0 Å². The van der Waals surface area contributed by atoms with E-state index in [0.29, 0.717) is 6.10 Å². The Kier molecular flexibility index (Phi) is 3.23. The van der Waals surface area contributed by atoms with Crippen LogP contribution in [0.2, 0.25) is 0 Å². The molecule has 2 aliphatic rings. The van der Waals surface area contributed by atoms with Gasteiger partial charge in [-0.25, -0.2) is 0 Å². The zero-order chi connectivity index (χ0) is 9.10. The molecule has 1 saturated heterocycles. The Hall–Kier alpha value is -0.0800. The van der Waals surface area contributed by atoms with Crippen LogP contribution < -0.4 is 5.32 Å². The van der Waals surface area contributed by atoms with Gasteiger partial charge in [-0.05, 0) is 44.6 Å². The highest BCUT2D eigenvalue weighted by atomic mass is 16.5. The second kappa shape index (κ2) is 4.43. The summed E-state index contributed by atoms with van der Waals surface area (Å²) >= 11 is 0. The second-order valence-electron chi connectivity index (χ2n) is 4.47. The van der Waals surface area contributed by atoms with Crippen molar-refractivity contribution in [2.24, 2.45) is 5.92 Å². The van der Waals surface area contributed by atoms with Crippen molar-refractivity contribution >= 4 is 0 Å². The fourth-order valence-electron chi connectivity index (χ4n) is 2.05. The van der Waals surface area contributed by atoms with Gasteiger partial charge in [-0.15, -0.1) is 0 Å². The van der Waals surface area contributed by atoms with Crippen molar-refractivity contribution in [3.8, 4) is 0 Å². The van der Waals surface area contributed by atoms with E-state index in [1.165, 1.54) is 38.6 Å². The van der Waals surface area contributed by atoms with Crippen LogP contribution in [0.1, 0.15) is 39.0 Å². The van der Waals surface area contributed by atoms with E-state index in [1.807, 2.05) is 0 Å². The maximum absolute atomic E-state index is 5.65. The molecule has 76 valence electrons. The first-order valence-corrected chi connectivity index (χ1v) is 5.73. The van der Waals surface area contributed by atoms with Gasteiger partial charge in [-0.1, -0.05) is 6.92 Å². The molecule has 0 aromatic rings. The van der Waals surface area contributed by atoms with Crippen LogP contribution in [0.4, 0.5) is 0 Å². The highest BCUT2D eigenvalue weighted by Gasteiger charge is 2.25. The van der Waals surface area contributed by atoms with Crippen LogP contribution in [-0.2, 0) is 4.74 Å². The van der Waals surface area contributed by atoms with Crippen LogP contribution in [0.5, 0.6) is 0 Å². The molecule has 0 aromatic carbocycles. The first kappa shape index (κ1) is 9.47. The largest absolute Gasteiger partial charge is 0.378 e. The third-order valence-corrected chi connectivity index (χ3v) is 3.20. The van der Waals surface area contributed by atoms with Crippen molar-refractivity contribution in [1.82, 2.24) is 5.32 Å². The molecule has 1 heterocycles. The van der Waals surface area contributed by atoms with Gasteiger partial charge in [0.2, 0.25) is 0 Å². The summed E-state index contributed by atoms with van der Waals surface area (Å²) in [4.78, 5) is 0. The molecule has 2 rings (SSSR count). The molecule has 2 nitrogen and oxygen atoms in total. The number of ether oxygens (including phenoxy) is 1. The smallest absolute Gasteiger partial charge is 0.0575 e. The molecule has 0 spiro atoms. The van der Waals surface area contributed by atoms with E-state index in [1.54, 1.807) is 0 Å². The number of hydrogen-bond donors (Lipinski definition) is 1. The van der Waals surface area contributed by atoms with E-state index in [4.69, 9.17) is 4.74 Å². The van der Waals surface area contributed by atoms with Crippen LogP contribution in [0.3, 0.4) is 0 Å². The van der Waals surface area contributed by atoms with Gasteiger partial charge >= 0.3 is 0 Å². The molecule has 1 aliphatic carbocycles. The van der Waals surface area contributed by atoms with Gasteiger partial charge in [-0.3, -0.25) is 0 Å². The number of hydrogen-bond acceptors (Lipinski definition) is 2. The summed E-state index contributed by atoms with van der Waals surface area (Å²) in [5, 5.41) is 3.62. The highest BCUT2D eigenvalue weighted by molar-refractivity contribution is 4.83. The number of nitrogens with one attached hydrogen (secondary N) is 1. The average Bonchev–Trinajstić information content (AvgIpc) is 2.99. The third kappa shape index (κ3) is 2.96. The highest BCUT2D eigenvalue weighted by Crippen LogP contribution is 2.24. The van der Waals surface area contributed by atoms with Crippen molar-refractivity contribution in [3.63, 3.8) is 0 Å². The number of rotatable bonds is 4. The minimum Gasteiger partial charge on any atom is -0.378 e. The third-order valence-electron chi connectivity index (χ3n) is 3.20. The van der Waals surface area contributed by atoms with Gasteiger partial charge < -0.3 is 10.1 Å². The van der Waals surface area contributed by atoms with Gasteiger partial charge in [0, 0.05) is 12.6 Å². The lowest BCUT2D eigenvalue weighted by atomic mass is 9.94. The summed E-state index contributed by atoms with van der Waals surface area (Å²) in [6, 6.07) is 0.864. The van der Waals surface area contributed by atoms with Crippen LogP contribution in [-0.4, -0.2) is 25.3 Å². The molecule has 2 atom stereocenters. The summed E-state index contributed by atoms with van der Waals surface area (Å²) in [6.45, 7) is 4.43. The van der Waals surface area contributed by atoms with E-state index >= 15 is 0 Å². The predicted molar refractivity (Wildman–Crippen MR) is 53.8 cm³/mol. The Morgan fingerprint density at radius 3 is 2.85 bits per heavy atom. The van der Waals surface area contributed by atoms with E-state index < -0.39 is 0 Å². The van der Waals surface area contributed by atoms with Crippen molar-refractivity contribution in [2.45, 2.75) is 51.2 Å². The lowest BCUT2D eigenvalue weighted by molar-refractivity contribution is -0.0101. The maximum atomic E-state index is 5.65. The van der Waals surface area contributed by atoms with Gasteiger partial charge in [0.25, 0.3) is 0 Å². The topological polar surface area (TPSA) is 21.3 Å². The van der Waals surface area contributed by atoms with Crippen molar-refractivity contribution in [2.75, 3.05) is 13.2 Å². The predicted octanol–water partition coefficient (Wildman–Crippen LogP) is 1.94. The van der Waals surface area contributed by atoms with Crippen LogP contribution in [0.25, 0.3) is 0 Å². The molecular formula is C11H21NO. The Morgan fingerprint density at radius 2 is 2.15 bits per heavy atom. The molecule has 0 radical (unpaired) electrons. The monoisotopic (exact) mass is 183 g/mol. The minimum absolute atomic E-state index is 0.541. The quantitative estimate of drug-likeness (QED) is 0.719. The zero-order valence-corrected chi connectivity index (χ0v) is 8.59. The molecule has 2 unspecified atom stereocenters. The second-order valence-corrected chi connectivity index (χ2v) is 4.47. The molecule has 0 bridgehead atoms. The molecular weight excluding hydrogens is 162 g/mol. The fraction of sp³-hybridized carbons (Fsp3) is 1.00. The van der Waals surface area contributed by atoms with E-state index in [2.05, 4.69) is 12.2 Å². The van der Waals surface area contributed by atoms with Crippen LogP contribution in [0.15, 0.2) is 0 Å². The summed E-state index contributed by atoms with van der Waals surface area (Å²) in [6.07, 6.45) is 7.06. The van der Waals surface area contributed by atoms with Crippen molar-refractivity contribution < 1.29 is 4.74 Å². The summed E-state index contributed by atoms with van der Waals surface area (Å²) in [7, 11) is 0. The fourth-order valence-corrected chi connectivity index (χ4v) is 2.05. The van der Waals surface area contributed by atoms with E-state index in [9.17, 15) is 0 Å².